The minimum atomic E-state index is -0.454. The molecule has 2 nitrogen and oxygen atoms in total. The molecule has 0 aliphatic heterocycles. The van der Waals surface area contributed by atoms with Crippen molar-refractivity contribution in [2.75, 3.05) is 7.11 Å². The third-order valence-electron chi connectivity index (χ3n) is 1.27. The van der Waals surface area contributed by atoms with Gasteiger partial charge in [0.2, 0.25) is 0 Å². The van der Waals surface area contributed by atoms with E-state index in [-0.39, 0.29) is 35.4 Å². The normalized spacial score (nSPS) is 8.50. The summed E-state index contributed by atoms with van der Waals surface area (Å²) in [7, 11) is 1.28. The van der Waals surface area contributed by atoms with Gasteiger partial charge in [0, 0.05) is 29.6 Å². The van der Waals surface area contributed by atoms with E-state index in [1.165, 1.54) is 31.4 Å². The Kier molecular flexibility index (Phi) is 5.13. The van der Waals surface area contributed by atoms with Crippen molar-refractivity contribution in [3.63, 3.8) is 0 Å². The van der Waals surface area contributed by atoms with Crippen LogP contribution in [0.15, 0.2) is 24.3 Å². The number of hydrogen-bond acceptors (Lipinski definition) is 2. The van der Waals surface area contributed by atoms with Crippen LogP contribution in [0.3, 0.4) is 0 Å². The number of halogens is 1. The van der Waals surface area contributed by atoms with Crippen molar-refractivity contribution < 1.29 is 13.9 Å². The van der Waals surface area contributed by atoms with Crippen LogP contribution in [0.4, 0.5) is 4.39 Å². The van der Waals surface area contributed by atoms with Gasteiger partial charge in [0.15, 0.2) is 0 Å². The molecular weight excluding hydrogens is 170 g/mol. The van der Waals surface area contributed by atoms with Gasteiger partial charge in [-0.25, -0.2) is 9.18 Å². The van der Waals surface area contributed by atoms with Gasteiger partial charge in [-0.1, -0.05) is 0 Å². The summed E-state index contributed by atoms with van der Waals surface area (Å²) in [6.45, 7) is 0. The number of ether oxygens (including phenoxy) is 1. The zero-order valence-electron chi connectivity index (χ0n) is 7.00. The zero-order valence-corrected chi connectivity index (χ0v) is 9.00. The van der Waals surface area contributed by atoms with Crippen LogP contribution in [0.1, 0.15) is 10.4 Å². The van der Waals surface area contributed by atoms with Crippen LogP contribution in [0.25, 0.3) is 0 Å². The predicted molar refractivity (Wildman–Crippen MR) is 43.5 cm³/mol. The summed E-state index contributed by atoms with van der Waals surface area (Å²) in [6, 6.07) is 5.18. The van der Waals surface area contributed by atoms with Crippen molar-refractivity contribution in [2.45, 2.75) is 0 Å². The van der Waals surface area contributed by atoms with Gasteiger partial charge in [-0.3, -0.25) is 0 Å². The molecule has 0 saturated heterocycles. The number of carbonyl (C=O) groups is 1. The average molecular weight is 177 g/mol. The molecule has 0 unspecified atom stereocenters. The Morgan fingerprint density at radius 1 is 1.33 bits per heavy atom. The van der Waals surface area contributed by atoms with Crippen LogP contribution in [-0.2, 0) is 4.74 Å². The Morgan fingerprint density at radius 3 is 2.25 bits per heavy atom. The summed E-state index contributed by atoms with van der Waals surface area (Å²) in [5.74, 6) is -0.817. The molecule has 1 aromatic rings. The first-order valence-corrected chi connectivity index (χ1v) is 3.08. The van der Waals surface area contributed by atoms with Gasteiger partial charge in [-0.15, -0.1) is 0 Å². The molecule has 1 radical (unpaired) electrons. The minimum Gasteiger partial charge on any atom is -0.465 e. The third kappa shape index (κ3) is 2.93. The van der Waals surface area contributed by atoms with E-state index in [9.17, 15) is 9.18 Å². The fraction of sp³-hybridized carbons (Fsp3) is 0.125. The second kappa shape index (κ2) is 5.30. The van der Waals surface area contributed by atoms with Crippen molar-refractivity contribution in [3.05, 3.63) is 35.6 Å². The van der Waals surface area contributed by atoms with Crippen LogP contribution >= 0.6 is 0 Å². The van der Waals surface area contributed by atoms with Crippen molar-refractivity contribution >= 4 is 35.5 Å². The standard InChI is InChI=1S/C8H7FO2.Na/c1-11-8(10)6-2-4-7(9)5-3-6;/h2-5H,1H3;. The van der Waals surface area contributed by atoms with Crippen LogP contribution in [0.2, 0.25) is 0 Å². The summed E-state index contributed by atoms with van der Waals surface area (Å²) in [4.78, 5) is 10.8. The van der Waals surface area contributed by atoms with Gasteiger partial charge in [-0.2, -0.15) is 0 Å². The van der Waals surface area contributed by atoms with E-state index in [4.69, 9.17) is 0 Å². The fourth-order valence-electron chi connectivity index (χ4n) is 0.704. The van der Waals surface area contributed by atoms with Gasteiger partial charge in [-0.05, 0) is 24.3 Å². The number of hydrogen-bond donors (Lipinski definition) is 0. The van der Waals surface area contributed by atoms with Crippen molar-refractivity contribution in [2.24, 2.45) is 0 Å². The van der Waals surface area contributed by atoms with Crippen LogP contribution in [0, 0.1) is 5.82 Å². The molecule has 0 spiro atoms. The molecule has 0 aromatic heterocycles. The molecule has 0 amide bonds. The molecule has 0 saturated carbocycles. The molecule has 0 bridgehead atoms. The Balaban J connectivity index is 0.00000121. The van der Waals surface area contributed by atoms with Crippen LogP contribution in [-0.4, -0.2) is 42.6 Å². The Bertz CT molecular complexity index is 258. The van der Waals surface area contributed by atoms with Gasteiger partial charge in [0.25, 0.3) is 0 Å². The van der Waals surface area contributed by atoms with Crippen LogP contribution < -0.4 is 0 Å². The molecule has 0 heterocycles. The topological polar surface area (TPSA) is 26.3 Å². The second-order valence-corrected chi connectivity index (χ2v) is 2.00. The Labute approximate surface area is 92.0 Å². The number of benzene rings is 1. The molecule has 12 heavy (non-hydrogen) atoms. The molecule has 59 valence electrons. The molecule has 0 aliphatic rings. The van der Waals surface area contributed by atoms with Crippen molar-refractivity contribution in [3.8, 4) is 0 Å². The molecule has 4 heteroatoms. The second-order valence-electron chi connectivity index (χ2n) is 2.00. The van der Waals surface area contributed by atoms with Crippen molar-refractivity contribution in [1.29, 1.82) is 0 Å². The summed E-state index contributed by atoms with van der Waals surface area (Å²) >= 11 is 0. The first kappa shape index (κ1) is 11.6. The maximum Gasteiger partial charge on any atom is 0.337 e. The smallest absolute Gasteiger partial charge is 0.337 e. The minimum absolute atomic E-state index is 0. The first-order chi connectivity index (χ1) is 5.24. The largest absolute Gasteiger partial charge is 0.465 e. The molecule has 0 fully saturated rings. The van der Waals surface area contributed by atoms with E-state index >= 15 is 0 Å². The number of esters is 1. The summed E-state index contributed by atoms with van der Waals surface area (Å²) in [5.41, 5.74) is 0.355. The van der Waals surface area contributed by atoms with E-state index in [2.05, 4.69) is 4.74 Å². The maximum absolute atomic E-state index is 12.3. The van der Waals surface area contributed by atoms with E-state index in [0.29, 0.717) is 5.56 Å². The molecule has 1 rings (SSSR count). The maximum atomic E-state index is 12.3. The van der Waals surface area contributed by atoms with Gasteiger partial charge >= 0.3 is 5.97 Å². The number of methoxy groups -OCH3 is 1. The molecule has 0 aliphatic carbocycles. The summed E-state index contributed by atoms with van der Waals surface area (Å²) in [6.07, 6.45) is 0. The summed E-state index contributed by atoms with van der Waals surface area (Å²) in [5, 5.41) is 0. The van der Waals surface area contributed by atoms with E-state index < -0.39 is 5.97 Å². The quantitative estimate of drug-likeness (QED) is 0.476. The summed E-state index contributed by atoms with van der Waals surface area (Å²) < 4.78 is 16.7. The fourth-order valence-corrected chi connectivity index (χ4v) is 0.704. The first-order valence-electron chi connectivity index (χ1n) is 3.08. The number of rotatable bonds is 1. The molecule has 0 N–H and O–H groups in total. The van der Waals surface area contributed by atoms with Gasteiger partial charge < -0.3 is 4.74 Å². The Morgan fingerprint density at radius 2 is 1.83 bits per heavy atom. The van der Waals surface area contributed by atoms with Crippen molar-refractivity contribution in [1.82, 2.24) is 0 Å². The van der Waals surface area contributed by atoms with Gasteiger partial charge in [0.1, 0.15) is 5.82 Å². The zero-order chi connectivity index (χ0) is 8.27. The average Bonchev–Trinajstić information content (AvgIpc) is 2.05. The van der Waals surface area contributed by atoms with Crippen LogP contribution in [0.5, 0.6) is 0 Å². The predicted octanol–water partition coefficient (Wildman–Crippen LogP) is 1.23. The van der Waals surface area contributed by atoms with Gasteiger partial charge in [0.05, 0.1) is 12.7 Å². The molecule has 0 atom stereocenters. The van der Waals surface area contributed by atoms with E-state index in [1.807, 2.05) is 0 Å². The Hall–Kier alpha value is -0.380. The number of carbonyl (C=O) groups excluding carboxylic acids is 1. The van der Waals surface area contributed by atoms with E-state index in [0.717, 1.165) is 0 Å². The third-order valence-corrected chi connectivity index (χ3v) is 1.27. The molecule has 1 aromatic carbocycles. The monoisotopic (exact) mass is 177 g/mol. The SMILES string of the molecule is COC(=O)c1ccc(F)cc1.[Na]. The van der Waals surface area contributed by atoms with E-state index in [1.54, 1.807) is 0 Å². The molecular formula is C8H7FNaO2.